The van der Waals surface area contributed by atoms with Gasteiger partial charge in [0.15, 0.2) is 0 Å². The van der Waals surface area contributed by atoms with Crippen LogP contribution in [0.4, 0.5) is 10.1 Å². The van der Waals surface area contributed by atoms with Crippen LogP contribution in [0, 0.1) is 12.7 Å². The van der Waals surface area contributed by atoms with Crippen molar-refractivity contribution in [3.63, 3.8) is 0 Å². The van der Waals surface area contributed by atoms with Crippen LogP contribution in [0.5, 0.6) is 0 Å². The predicted octanol–water partition coefficient (Wildman–Crippen LogP) is 3.02. The van der Waals surface area contributed by atoms with Crippen molar-refractivity contribution in [1.82, 2.24) is 10.2 Å². The van der Waals surface area contributed by atoms with E-state index in [0.29, 0.717) is 18.5 Å². The molecule has 7 heteroatoms. The molecule has 0 bridgehead atoms. The minimum absolute atomic E-state index is 0.170. The Morgan fingerprint density at radius 3 is 2.41 bits per heavy atom. The Morgan fingerprint density at radius 1 is 1.03 bits per heavy atom. The van der Waals surface area contributed by atoms with Gasteiger partial charge in [-0.1, -0.05) is 31.2 Å². The minimum atomic E-state index is -0.434. The molecule has 0 aliphatic heterocycles. The van der Waals surface area contributed by atoms with Crippen LogP contribution in [-0.4, -0.2) is 35.7 Å². The number of halogens is 1. The van der Waals surface area contributed by atoms with Crippen molar-refractivity contribution >= 4 is 23.4 Å². The van der Waals surface area contributed by atoms with Gasteiger partial charge in [0.05, 0.1) is 13.1 Å². The lowest BCUT2D eigenvalue weighted by Gasteiger charge is -2.22. The van der Waals surface area contributed by atoms with Gasteiger partial charge in [-0.3, -0.25) is 14.4 Å². The van der Waals surface area contributed by atoms with Gasteiger partial charge in [0.25, 0.3) is 0 Å². The van der Waals surface area contributed by atoms with E-state index in [4.69, 9.17) is 0 Å². The maximum Gasteiger partial charge on any atom is 0.243 e. The largest absolute Gasteiger partial charge is 0.345 e. The average molecular weight is 399 g/mol. The van der Waals surface area contributed by atoms with E-state index in [2.05, 4.69) is 10.6 Å². The second kappa shape index (κ2) is 10.9. The zero-order valence-corrected chi connectivity index (χ0v) is 16.7. The maximum atomic E-state index is 13.1. The number of nitrogens with zero attached hydrogens (tertiary/aromatic N) is 1. The summed E-state index contributed by atoms with van der Waals surface area (Å²) in [5.74, 6) is -1.32. The average Bonchev–Trinajstić information content (AvgIpc) is 2.68. The zero-order valence-electron chi connectivity index (χ0n) is 16.7. The van der Waals surface area contributed by atoms with Gasteiger partial charge >= 0.3 is 0 Å². The summed E-state index contributed by atoms with van der Waals surface area (Å²) in [6.45, 7) is 3.62. The van der Waals surface area contributed by atoms with E-state index < -0.39 is 5.91 Å². The van der Waals surface area contributed by atoms with Crippen LogP contribution in [0.15, 0.2) is 48.5 Å². The molecule has 3 amide bonds. The first-order valence-electron chi connectivity index (χ1n) is 9.53. The van der Waals surface area contributed by atoms with Gasteiger partial charge in [0.1, 0.15) is 5.82 Å². The molecule has 0 aromatic heterocycles. The second-order valence-corrected chi connectivity index (χ2v) is 6.82. The number of carbonyl (C=O) groups excluding carboxylic acids is 3. The maximum absolute atomic E-state index is 13.1. The molecule has 0 aliphatic rings. The Balaban J connectivity index is 1.89. The molecule has 154 valence electrons. The first-order chi connectivity index (χ1) is 13.9. The summed E-state index contributed by atoms with van der Waals surface area (Å²) in [4.78, 5) is 38.1. The Morgan fingerprint density at radius 2 is 1.76 bits per heavy atom. The van der Waals surface area contributed by atoms with Gasteiger partial charge < -0.3 is 15.5 Å². The van der Waals surface area contributed by atoms with Crippen LogP contribution in [0.25, 0.3) is 0 Å². The number of anilines is 1. The zero-order chi connectivity index (χ0) is 21.2. The Kier molecular flexibility index (Phi) is 8.33. The minimum Gasteiger partial charge on any atom is -0.345 e. The van der Waals surface area contributed by atoms with E-state index in [9.17, 15) is 18.8 Å². The first-order valence-corrected chi connectivity index (χ1v) is 9.53. The molecule has 6 nitrogen and oxygen atoms in total. The molecule has 29 heavy (non-hydrogen) atoms. The summed E-state index contributed by atoms with van der Waals surface area (Å²) in [5.41, 5.74) is 2.39. The molecule has 0 fully saturated rings. The molecule has 0 spiro atoms. The van der Waals surface area contributed by atoms with E-state index in [1.54, 1.807) is 18.2 Å². The van der Waals surface area contributed by atoms with E-state index in [0.717, 1.165) is 11.1 Å². The molecular weight excluding hydrogens is 373 g/mol. The van der Waals surface area contributed by atoms with E-state index in [-0.39, 0.29) is 37.3 Å². The second-order valence-electron chi connectivity index (χ2n) is 6.82. The van der Waals surface area contributed by atoms with Crippen LogP contribution in [-0.2, 0) is 20.9 Å². The first kappa shape index (κ1) is 22.1. The van der Waals surface area contributed by atoms with E-state index in [1.165, 1.54) is 17.0 Å². The Labute approximate surface area is 170 Å². The quantitative estimate of drug-likeness (QED) is 0.680. The smallest absolute Gasteiger partial charge is 0.243 e. The summed E-state index contributed by atoms with van der Waals surface area (Å²) >= 11 is 0. The highest BCUT2D eigenvalue weighted by Crippen LogP contribution is 2.10. The van der Waals surface area contributed by atoms with Crippen LogP contribution in [0.1, 0.15) is 30.9 Å². The molecule has 0 aliphatic carbocycles. The number of hydrogen-bond acceptors (Lipinski definition) is 3. The van der Waals surface area contributed by atoms with E-state index in [1.807, 2.05) is 32.0 Å². The SMILES string of the molecule is CCCC(=O)N(CC(=O)NCC(=O)Nc1cccc(C)c1)Cc1ccc(F)cc1. The van der Waals surface area contributed by atoms with Crippen molar-refractivity contribution in [3.05, 3.63) is 65.5 Å². The van der Waals surface area contributed by atoms with Gasteiger partial charge in [-0.05, 0) is 48.7 Å². The highest BCUT2D eigenvalue weighted by atomic mass is 19.1. The van der Waals surface area contributed by atoms with Gasteiger partial charge in [-0.15, -0.1) is 0 Å². The molecule has 2 aromatic rings. The van der Waals surface area contributed by atoms with Crippen molar-refractivity contribution < 1.29 is 18.8 Å². The van der Waals surface area contributed by atoms with Crippen molar-refractivity contribution in [2.24, 2.45) is 0 Å². The van der Waals surface area contributed by atoms with Crippen LogP contribution >= 0.6 is 0 Å². The predicted molar refractivity (Wildman–Crippen MR) is 110 cm³/mol. The Bertz CT molecular complexity index is 853. The Hall–Kier alpha value is -3.22. The monoisotopic (exact) mass is 399 g/mol. The van der Waals surface area contributed by atoms with Crippen LogP contribution < -0.4 is 10.6 Å². The lowest BCUT2D eigenvalue weighted by atomic mass is 10.2. The van der Waals surface area contributed by atoms with Crippen LogP contribution in [0.3, 0.4) is 0 Å². The van der Waals surface area contributed by atoms with Gasteiger partial charge in [-0.2, -0.15) is 0 Å². The molecule has 0 saturated carbocycles. The molecule has 2 rings (SSSR count). The molecule has 0 radical (unpaired) electrons. The normalized spacial score (nSPS) is 10.3. The lowest BCUT2D eigenvalue weighted by Crippen LogP contribution is -2.42. The van der Waals surface area contributed by atoms with Crippen molar-refractivity contribution in [2.45, 2.75) is 33.2 Å². The van der Waals surface area contributed by atoms with Gasteiger partial charge in [-0.25, -0.2) is 4.39 Å². The number of benzene rings is 2. The molecule has 0 heterocycles. The summed E-state index contributed by atoms with van der Waals surface area (Å²) < 4.78 is 13.1. The molecule has 0 unspecified atom stereocenters. The van der Waals surface area contributed by atoms with Crippen molar-refractivity contribution in [1.29, 1.82) is 0 Å². The standard InChI is InChI=1S/C22H26FN3O3/c1-3-5-22(29)26(14-17-8-10-18(23)11-9-17)15-21(28)24-13-20(27)25-19-7-4-6-16(2)12-19/h4,6-12H,3,5,13-15H2,1-2H3,(H,24,28)(H,25,27). The third-order valence-electron chi connectivity index (χ3n) is 4.19. The summed E-state index contributed by atoms with van der Waals surface area (Å²) in [5, 5.41) is 5.24. The fourth-order valence-corrected chi connectivity index (χ4v) is 2.75. The fourth-order valence-electron chi connectivity index (χ4n) is 2.75. The topological polar surface area (TPSA) is 78.5 Å². The summed E-state index contributed by atoms with van der Waals surface area (Å²) in [6, 6.07) is 13.1. The molecular formula is C22H26FN3O3. The third-order valence-corrected chi connectivity index (χ3v) is 4.19. The van der Waals surface area contributed by atoms with Gasteiger partial charge in [0, 0.05) is 18.7 Å². The number of aryl methyl sites for hydroxylation is 1. The third kappa shape index (κ3) is 7.73. The number of amides is 3. The molecule has 2 N–H and O–H groups in total. The highest BCUT2D eigenvalue weighted by molar-refractivity contribution is 5.95. The van der Waals surface area contributed by atoms with Crippen molar-refractivity contribution in [3.8, 4) is 0 Å². The van der Waals surface area contributed by atoms with E-state index >= 15 is 0 Å². The molecule has 0 saturated heterocycles. The summed E-state index contributed by atoms with van der Waals surface area (Å²) in [7, 11) is 0. The number of hydrogen-bond donors (Lipinski definition) is 2. The summed E-state index contributed by atoms with van der Waals surface area (Å²) in [6.07, 6.45) is 0.960. The van der Waals surface area contributed by atoms with Gasteiger partial charge in [0.2, 0.25) is 17.7 Å². The van der Waals surface area contributed by atoms with Crippen molar-refractivity contribution in [2.75, 3.05) is 18.4 Å². The number of rotatable bonds is 9. The fraction of sp³-hybridized carbons (Fsp3) is 0.318. The van der Waals surface area contributed by atoms with Crippen LogP contribution in [0.2, 0.25) is 0 Å². The lowest BCUT2D eigenvalue weighted by molar-refractivity contribution is -0.136. The highest BCUT2D eigenvalue weighted by Gasteiger charge is 2.17. The number of nitrogens with one attached hydrogen (secondary N) is 2. The molecule has 0 atom stereocenters. The number of carbonyl (C=O) groups is 3. The molecule has 2 aromatic carbocycles.